The van der Waals surface area contributed by atoms with E-state index in [1.165, 1.54) is 0 Å². The highest BCUT2D eigenvalue weighted by atomic mass is 16.3. The summed E-state index contributed by atoms with van der Waals surface area (Å²) in [6, 6.07) is 3.35. The van der Waals surface area contributed by atoms with Crippen LogP contribution in [0.2, 0.25) is 0 Å². The smallest absolute Gasteiger partial charge is 0.315 e. The van der Waals surface area contributed by atoms with Crippen LogP contribution in [0.15, 0.2) is 22.8 Å². The maximum absolute atomic E-state index is 11.4. The second-order valence-electron chi connectivity index (χ2n) is 3.52. The maximum atomic E-state index is 11.4. The second kappa shape index (κ2) is 6.90. The van der Waals surface area contributed by atoms with Crippen LogP contribution in [0.25, 0.3) is 0 Å². The summed E-state index contributed by atoms with van der Waals surface area (Å²) in [4.78, 5) is 11.4. The van der Waals surface area contributed by atoms with E-state index in [1.807, 2.05) is 6.92 Å². The highest BCUT2D eigenvalue weighted by Crippen LogP contribution is 1.99. The zero-order chi connectivity index (χ0) is 11.8. The Hall–Kier alpha value is -1.49. The Balaban J connectivity index is 2.24. The van der Waals surface area contributed by atoms with E-state index in [4.69, 9.17) is 9.52 Å². The number of carbonyl (C=O) groups is 1. The molecule has 0 aliphatic rings. The Labute approximate surface area is 94.8 Å². The van der Waals surface area contributed by atoms with Crippen LogP contribution in [0.1, 0.15) is 25.5 Å². The van der Waals surface area contributed by atoms with Crippen molar-refractivity contribution in [2.75, 3.05) is 6.61 Å². The number of hydrogen-bond acceptors (Lipinski definition) is 3. The van der Waals surface area contributed by atoms with Gasteiger partial charge in [-0.15, -0.1) is 0 Å². The van der Waals surface area contributed by atoms with Gasteiger partial charge in [0.1, 0.15) is 5.76 Å². The molecule has 5 nitrogen and oxygen atoms in total. The molecule has 2 amide bonds. The molecule has 0 saturated heterocycles. The van der Waals surface area contributed by atoms with Gasteiger partial charge in [0.05, 0.1) is 12.8 Å². The number of amides is 2. The Kier molecular flexibility index (Phi) is 5.42. The van der Waals surface area contributed by atoms with E-state index in [2.05, 4.69) is 10.6 Å². The lowest BCUT2D eigenvalue weighted by molar-refractivity contribution is 0.227. The van der Waals surface area contributed by atoms with Crippen molar-refractivity contribution in [2.24, 2.45) is 0 Å². The number of hydrogen-bond donors (Lipinski definition) is 3. The quantitative estimate of drug-likeness (QED) is 0.683. The minimum absolute atomic E-state index is 0.0154. The molecule has 0 aromatic carbocycles. The molecule has 3 N–H and O–H groups in total. The zero-order valence-corrected chi connectivity index (χ0v) is 9.40. The van der Waals surface area contributed by atoms with Crippen molar-refractivity contribution in [3.8, 4) is 0 Å². The fourth-order valence-electron chi connectivity index (χ4n) is 1.35. The zero-order valence-electron chi connectivity index (χ0n) is 9.40. The number of urea groups is 1. The average Bonchev–Trinajstić information content (AvgIpc) is 2.78. The van der Waals surface area contributed by atoms with Crippen molar-refractivity contribution < 1.29 is 14.3 Å². The summed E-state index contributed by atoms with van der Waals surface area (Å²) in [5.41, 5.74) is 0. The van der Waals surface area contributed by atoms with Crippen LogP contribution in [-0.2, 0) is 6.54 Å². The third-order valence-corrected chi connectivity index (χ3v) is 2.31. The van der Waals surface area contributed by atoms with Crippen molar-refractivity contribution >= 4 is 6.03 Å². The van der Waals surface area contributed by atoms with E-state index in [0.29, 0.717) is 18.7 Å². The van der Waals surface area contributed by atoms with E-state index in [0.717, 1.165) is 6.42 Å². The summed E-state index contributed by atoms with van der Waals surface area (Å²) in [5, 5.41) is 14.2. The normalized spacial score (nSPS) is 12.1. The first-order chi connectivity index (χ1) is 7.76. The third kappa shape index (κ3) is 4.35. The number of nitrogens with one attached hydrogen (secondary N) is 2. The number of aliphatic hydroxyl groups is 1. The van der Waals surface area contributed by atoms with E-state index in [-0.39, 0.29) is 18.7 Å². The van der Waals surface area contributed by atoms with Crippen molar-refractivity contribution in [3.63, 3.8) is 0 Å². The molecule has 1 unspecified atom stereocenters. The highest BCUT2D eigenvalue weighted by Gasteiger charge is 2.09. The number of carbonyl (C=O) groups excluding carboxylic acids is 1. The lowest BCUT2D eigenvalue weighted by atomic mass is 10.2. The fourth-order valence-corrected chi connectivity index (χ4v) is 1.35. The molecule has 0 saturated carbocycles. The molecule has 0 bridgehead atoms. The van der Waals surface area contributed by atoms with Crippen LogP contribution in [0.4, 0.5) is 4.79 Å². The summed E-state index contributed by atoms with van der Waals surface area (Å²) in [6.07, 6.45) is 2.94. The molecule has 0 radical (unpaired) electrons. The molecule has 0 aliphatic carbocycles. The summed E-state index contributed by atoms with van der Waals surface area (Å²) in [5.74, 6) is 0.713. The van der Waals surface area contributed by atoms with Gasteiger partial charge >= 0.3 is 6.03 Å². The van der Waals surface area contributed by atoms with Crippen LogP contribution < -0.4 is 10.6 Å². The van der Waals surface area contributed by atoms with Crippen LogP contribution >= 0.6 is 0 Å². The van der Waals surface area contributed by atoms with Gasteiger partial charge in [0.2, 0.25) is 0 Å². The first kappa shape index (κ1) is 12.6. The highest BCUT2D eigenvalue weighted by molar-refractivity contribution is 5.74. The molecule has 0 fully saturated rings. The Bertz CT molecular complexity index is 298. The molecular formula is C11H18N2O3. The summed E-state index contributed by atoms with van der Waals surface area (Å²) < 4.78 is 5.08. The van der Waals surface area contributed by atoms with E-state index in [9.17, 15) is 4.79 Å². The van der Waals surface area contributed by atoms with E-state index in [1.54, 1.807) is 18.4 Å². The minimum atomic E-state index is -0.239. The lowest BCUT2D eigenvalue weighted by Gasteiger charge is -2.15. The van der Waals surface area contributed by atoms with Crippen LogP contribution in [0, 0.1) is 0 Å². The molecule has 1 aromatic heterocycles. The minimum Gasteiger partial charge on any atom is -0.467 e. The van der Waals surface area contributed by atoms with Gasteiger partial charge < -0.3 is 20.2 Å². The van der Waals surface area contributed by atoms with Gasteiger partial charge in [-0.1, -0.05) is 6.92 Å². The molecule has 1 rings (SSSR count). The predicted octanol–water partition coefficient (Wildman–Crippen LogP) is 1.24. The second-order valence-corrected chi connectivity index (χ2v) is 3.52. The molecule has 16 heavy (non-hydrogen) atoms. The van der Waals surface area contributed by atoms with Gasteiger partial charge in [0, 0.05) is 12.6 Å². The van der Waals surface area contributed by atoms with Crippen molar-refractivity contribution in [2.45, 2.75) is 32.4 Å². The first-order valence-electron chi connectivity index (χ1n) is 5.43. The first-order valence-corrected chi connectivity index (χ1v) is 5.43. The van der Waals surface area contributed by atoms with Gasteiger partial charge in [-0.25, -0.2) is 4.79 Å². The summed E-state index contributed by atoms with van der Waals surface area (Å²) in [7, 11) is 0. The fraction of sp³-hybridized carbons (Fsp3) is 0.545. The third-order valence-electron chi connectivity index (χ3n) is 2.31. The van der Waals surface area contributed by atoms with Crippen molar-refractivity contribution in [1.82, 2.24) is 10.6 Å². The van der Waals surface area contributed by atoms with Gasteiger partial charge in [0.15, 0.2) is 0 Å². The van der Waals surface area contributed by atoms with Crippen LogP contribution in [0.5, 0.6) is 0 Å². The average molecular weight is 226 g/mol. The Morgan fingerprint density at radius 2 is 2.44 bits per heavy atom. The van der Waals surface area contributed by atoms with Crippen LogP contribution in [0.3, 0.4) is 0 Å². The van der Waals surface area contributed by atoms with Gasteiger partial charge in [-0.2, -0.15) is 0 Å². The lowest BCUT2D eigenvalue weighted by Crippen LogP contribution is -2.41. The summed E-state index contributed by atoms with van der Waals surface area (Å²) >= 11 is 0. The molecule has 5 heteroatoms. The topological polar surface area (TPSA) is 74.5 Å². The van der Waals surface area contributed by atoms with Gasteiger partial charge in [0.25, 0.3) is 0 Å². The maximum Gasteiger partial charge on any atom is 0.315 e. The predicted molar refractivity (Wildman–Crippen MR) is 59.9 cm³/mol. The molecule has 0 spiro atoms. The number of furan rings is 1. The van der Waals surface area contributed by atoms with Crippen molar-refractivity contribution in [1.29, 1.82) is 0 Å². The number of rotatable bonds is 6. The standard InChI is InChI=1S/C11H18N2O3/c1-2-9(5-6-14)13-11(15)12-8-10-4-3-7-16-10/h3-4,7,9,14H,2,5-6,8H2,1H3,(H2,12,13,15). The Morgan fingerprint density at radius 3 is 3.00 bits per heavy atom. The molecular weight excluding hydrogens is 208 g/mol. The van der Waals surface area contributed by atoms with Gasteiger partial charge in [-0.3, -0.25) is 0 Å². The molecule has 1 heterocycles. The molecule has 0 aliphatic heterocycles. The van der Waals surface area contributed by atoms with Crippen LogP contribution in [-0.4, -0.2) is 23.8 Å². The van der Waals surface area contributed by atoms with Gasteiger partial charge in [-0.05, 0) is 25.0 Å². The largest absolute Gasteiger partial charge is 0.467 e. The SMILES string of the molecule is CCC(CCO)NC(=O)NCc1ccco1. The Morgan fingerprint density at radius 1 is 1.62 bits per heavy atom. The molecule has 1 aromatic rings. The molecule has 1 atom stereocenters. The van der Waals surface area contributed by atoms with Crippen molar-refractivity contribution in [3.05, 3.63) is 24.2 Å². The number of aliphatic hydroxyl groups excluding tert-OH is 1. The monoisotopic (exact) mass is 226 g/mol. The van der Waals surface area contributed by atoms with E-state index >= 15 is 0 Å². The molecule has 90 valence electrons. The van der Waals surface area contributed by atoms with E-state index < -0.39 is 0 Å². The summed E-state index contributed by atoms with van der Waals surface area (Å²) in [6.45, 7) is 2.42.